The standard InChI is InChI=1S/C18H24N2O4/c21-17-15-5-1-2-6-16(15)18(22)20(17)10-12-24-14-13-23-11-9-19-7-3-4-8-19/h1-2,5-6H,3-4,7-14H2. The number of amides is 2. The summed E-state index contributed by atoms with van der Waals surface area (Å²) in [7, 11) is 0. The zero-order valence-corrected chi connectivity index (χ0v) is 13.9. The summed E-state index contributed by atoms with van der Waals surface area (Å²) in [5, 5.41) is 0. The molecule has 24 heavy (non-hydrogen) atoms. The van der Waals surface area contributed by atoms with E-state index in [4.69, 9.17) is 9.47 Å². The van der Waals surface area contributed by atoms with Crippen molar-refractivity contribution in [3.8, 4) is 0 Å². The molecule has 0 bridgehead atoms. The van der Waals surface area contributed by atoms with E-state index in [1.54, 1.807) is 24.3 Å². The van der Waals surface area contributed by atoms with E-state index in [1.165, 1.54) is 30.8 Å². The number of fused-ring (bicyclic) bond motifs is 1. The molecule has 2 heterocycles. The summed E-state index contributed by atoms with van der Waals surface area (Å²) in [5.41, 5.74) is 0.959. The van der Waals surface area contributed by atoms with Crippen LogP contribution >= 0.6 is 0 Å². The molecule has 2 aliphatic heterocycles. The maximum absolute atomic E-state index is 12.2. The molecule has 0 radical (unpaired) electrons. The first kappa shape index (κ1) is 17.1. The molecule has 1 saturated heterocycles. The van der Waals surface area contributed by atoms with Crippen LogP contribution in [-0.4, -0.2) is 74.2 Å². The SMILES string of the molecule is O=C1c2ccccc2C(=O)N1CCOCCOCCN1CCCC1. The topological polar surface area (TPSA) is 59.1 Å². The molecule has 0 N–H and O–H groups in total. The van der Waals surface area contributed by atoms with Crippen LogP contribution in [0.5, 0.6) is 0 Å². The number of imide groups is 1. The molecular formula is C18H24N2O4. The molecule has 2 aliphatic rings. The van der Waals surface area contributed by atoms with E-state index in [-0.39, 0.29) is 18.4 Å². The first-order chi connectivity index (χ1) is 11.8. The number of rotatable bonds is 9. The highest BCUT2D eigenvalue weighted by molar-refractivity contribution is 6.21. The molecule has 3 rings (SSSR count). The smallest absolute Gasteiger partial charge is 0.261 e. The van der Waals surface area contributed by atoms with Crippen molar-refractivity contribution in [1.82, 2.24) is 9.80 Å². The van der Waals surface area contributed by atoms with E-state index in [1.807, 2.05) is 0 Å². The van der Waals surface area contributed by atoms with Crippen molar-refractivity contribution in [2.24, 2.45) is 0 Å². The van der Waals surface area contributed by atoms with Crippen LogP contribution in [-0.2, 0) is 9.47 Å². The number of hydrogen-bond donors (Lipinski definition) is 0. The van der Waals surface area contributed by atoms with Crippen molar-refractivity contribution < 1.29 is 19.1 Å². The average Bonchev–Trinajstić information content (AvgIpc) is 3.20. The number of carbonyl (C=O) groups is 2. The lowest BCUT2D eigenvalue weighted by molar-refractivity contribution is 0.0313. The lowest BCUT2D eigenvalue weighted by atomic mass is 10.1. The Labute approximate surface area is 142 Å². The number of carbonyl (C=O) groups excluding carboxylic acids is 2. The highest BCUT2D eigenvalue weighted by Gasteiger charge is 2.34. The van der Waals surface area contributed by atoms with Crippen LogP contribution < -0.4 is 0 Å². The second kappa shape index (κ2) is 8.37. The summed E-state index contributed by atoms with van der Waals surface area (Å²) >= 11 is 0. The van der Waals surface area contributed by atoms with Crippen LogP contribution in [0.1, 0.15) is 33.6 Å². The maximum Gasteiger partial charge on any atom is 0.261 e. The number of nitrogens with zero attached hydrogens (tertiary/aromatic N) is 2. The van der Waals surface area contributed by atoms with Crippen molar-refractivity contribution in [3.63, 3.8) is 0 Å². The summed E-state index contributed by atoms with van der Waals surface area (Å²) < 4.78 is 11.0. The van der Waals surface area contributed by atoms with E-state index in [0.717, 1.165) is 13.2 Å². The molecule has 6 nitrogen and oxygen atoms in total. The fourth-order valence-electron chi connectivity index (χ4n) is 3.12. The van der Waals surface area contributed by atoms with Gasteiger partial charge in [-0.3, -0.25) is 14.5 Å². The molecule has 0 saturated carbocycles. The monoisotopic (exact) mass is 332 g/mol. The van der Waals surface area contributed by atoms with Gasteiger partial charge in [0.05, 0.1) is 44.1 Å². The van der Waals surface area contributed by atoms with Gasteiger partial charge in [-0.1, -0.05) is 12.1 Å². The Hall–Kier alpha value is -1.76. The van der Waals surface area contributed by atoms with Gasteiger partial charge in [0.15, 0.2) is 0 Å². The Balaban J connectivity index is 1.27. The third kappa shape index (κ3) is 4.01. The number of benzene rings is 1. The Morgan fingerprint density at radius 3 is 1.92 bits per heavy atom. The lowest BCUT2D eigenvalue weighted by Crippen LogP contribution is -2.33. The normalized spacial score (nSPS) is 17.8. The van der Waals surface area contributed by atoms with Gasteiger partial charge in [0.1, 0.15) is 0 Å². The second-order valence-corrected chi connectivity index (χ2v) is 6.08. The predicted octanol–water partition coefficient (Wildman–Crippen LogP) is 1.41. The first-order valence-corrected chi connectivity index (χ1v) is 8.60. The van der Waals surface area contributed by atoms with Gasteiger partial charge in [-0.15, -0.1) is 0 Å². The third-order valence-electron chi connectivity index (χ3n) is 4.46. The molecule has 0 atom stereocenters. The summed E-state index contributed by atoms with van der Waals surface area (Å²) in [6, 6.07) is 6.91. The quantitative estimate of drug-likeness (QED) is 0.505. The minimum Gasteiger partial charge on any atom is -0.378 e. The third-order valence-corrected chi connectivity index (χ3v) is 4.46. The van der Waals surface area contributed by atoms with Gasteiger partial charge in [0.2, 0.25) is 0 Å². The van der Waals surface area contributed by atoms with E-state index in [9.17, 15) is 9.59 Å². The summed E-state index contributed by atoms with van der Waals surface area (Å²) in [6.07, 6.45) is 2.59. The molecule has 0 unspecified atom stereocenters. The largest absolute Gasteiger partial charge is 0.378 e. The molecular weight excluding hydrogens is 308 g/mol. The van der Waals surface area contributed by atoms with Crippen LogP contribution in [0.4, 0.5) is 0 Å². The second-order valence-electron chi connectivity index (χ2n) is 6.08. The van der Waals surface area contributed by atoms with Gasteiger partial charge in [0.25, 0.3) is 11.8 Å². The van der Waals surface area contributed by atoms with Crippen molar-refractivity contribution in [2.75, 3.05) is 52.6 Å². The van der Waals surface area contributed by atoms with Crippen molar-refractivity contribution in [1.29, 1.82) is 0 Å². The average molecular weight is 332 g/mol. The fraction of sp³-hybridized carbons (Fsp3) is 0.556. The van der Waals surface area contributed by atoms with Crippen LogP contribution in [0.3, 0.4) is 0 Å². The Bertz CT molecular complexity index is 549. The molecule has 1 fully saturated rings. The summed E-state index contributed by atoms with van der Waals surface area (Å²) in [6.45, 7) is 5.69. The predicted molar refractivity (Wildman–Crippen MR) is 89.1 cm³/mol. The van der Waals surface area contributed by atoms with Crippen LogP contribution in [0.2, 0.25) is 0 Å². The highest BCUT2D eigenvalue weighted by atomic mass is 16.5. The van der Waals surface area contributed by atoms with E-state index in [2.05, 4.69) is 4.90 Å². The van der Waals surface area contributed by atoms with E-state index < -0.39 is 0 Å². The minimum atomic E-state index is -0.235. The molecule has 130 valence electrons. The van der Waals surface area contributed by atoms with Crippen LogP contribution in [0.25, 0.3) is 0 Å². The Morgan fingerprint density at radius 2 is 1.33 bits per heavy atom. The Kier molecular flexibility index (Phi) is 5.96. The van der Waals surface area contributed by atoms with Gasteiger partial charge in [0, 0.05) is 6.54 Å². The van der Waals surface area contributed by atoms with E-state index >= 15 is 0 Å². The first-order valence-electron chi connectivity index (χ1n) is 8.60. The number of likely N-dealkylation sites (tertiary alicyclic amines) is 1. The van der Waals surface area contributed by atoms with Crippen molar-refractivity contribution in [2.45, 2.75) is 12.8 Å². The minimum absolute atomic E-state index is 0.235. The maximum atomic E-state index is 12.2. The molecule has 1 aromatic rings. The molecule has 0 spiro atoms. The zero-order valence-electron chi connectivity index (χ0n) is 13.9. The summed E-state index contributed by atoms with van der Waals surface area (Å²) in [4.78, 5) is 28.0. The summed E-state index contributed by atoms with van der Waals surface area (Å²) in [5.74, 6) is -0.470. The molecule has 0 aliphatic carbocycles. The highest BCUT2D eigenvalue weighted by Crippen LogP contribution is 2.21. The van der Waals surface area contributed by atoms with Gasteiger partial charge >= 0.3 is 0 Å². The zero-order chi connectivity index (χ0) is 16.8. The van der Waals surface area contributed by atoms with Crippen LogP contribution in [0, 0.1) is 0 Å². The van der Waals surface area contributed by atoms with Gasteiger partial charge in [-0.05, 0) is 38.1 Å². The van der Waals surface area contributed by atoms with Crippen molar-refractivity contribution in [3.05, 3.63) is 35.4 Å². The molecule has 0 aromatic heterocycles. The number of hydrogen-bond acceptors (Lipinski definition) is 5. The lowest BCUT2D eigenvalue weighted by Gasteiger charge is -2.15. The fourth-order valence-corrected chi connectivity index (χ4v) is 3.12. The van der Waals surface area contributed by atoms with Gasteiger partial charge in [-0.2, -0.15) is 0 Å². The van der Waals surface area contributed by atoms with E-state index in [0.29, 0.717) is 30.9 Å². The Morgan fingerprint density at radius 1 is 0.792 bits per heavy atom. The number of ether oxygens (including phenoxy) is 2. The molecule has 2 amide bonds. The molecule has 6 heteroatoms. The van der Waals surface area contributed by atoms with Gasteiger partial charge < -0.3 is 14.4 Å². The van der Waals surface area contributed by atoms with Gasteiger partial charge in [-0.25, -0.2) is 0 Å². The molecule has 1 aromatic carbocycles. The van der Waals surface area contributed by atoms with Crippen LogP contribution in [0.15, 0.2) is 24.3 Å². The van der Waals surface area contributed by atoms with Crippen molar-refractivity contribution >= 4 is 11.8 Å².